The SMILES string of the molecule is CC(C)(C)c1nc(CN2CCN(C(=O)CCC(=O)c3ccccc3)CC2)cs1. The van der Waals surface area contributed by atoms with Crippen molar-refractivity contribution in [1.29, 1.82) is 0 Å². The van der Waals surface area contributed by atoms with Gasteiger partial charge in [0, 0.05) is 61.9 Å². The second-order valence-electron chi connectivity index (χ2n) is 8.34. The van der Waals surface area contributed by atoms with Crippen molar-refractivity contribution in [1.82, 2.24) is 14.8 Å². The first-order chi connectivity index (χ1) is 13.3. The third-order valence-corrected chi connectivity index (χ3v) is 6.28. The fourth-order valence-electron chi connectivity index (χ4n) is 3.26. The molecule has 0 unspecified atom stereocenters. The van der Waals surface area contributed by atoms with E-state index in [1.165, 1.54) is 5.01 Å². The Labute approximate surface area is 171 Å². The maximum atomic E-state index is 12.5. The minimum atomic E-state index is 0.0331. The molecule has 1 aliphatic heterocycles. The van der Waals surface area contributed by atoms with Crippen LogP contribution >= 0.6 is 11.3 Å². The molecule has 0 N–H and O–H groups in total. The van der Waals surface area contributed by atoms with Crippen LogP contribution < -0.4 is 0 Å². The van der Waals surface area contributed by atoms with Gasteiger partial charge in [0.15, 0.2) is 5.78 Å². The fraction of sp³-hybridized carbons (Fsp3) is 0.500. The van der Waals surface area contributed by atoms with Crippen LogP contribution in [0.15, 0.2) is 35.7 Å². The summed E-state index contributed by atoms with van der Waals surface area (Å²) >= 11 is 1.72. The van der Waals surface area contributed by atoms with E-state index in [1.54, 1.807) is 23.5 Å². The Bertz CT molecular complexity index is 803. The summed E-state index contributed by atoms with van der Waals surface area (Å²) in [5.74, 6) is 0.110. The van der Waals surface area contributed by atoms with Gasteiger partial charge >= 0.3 is 0 Å². The Kier molecular flexibility index (Phi) is 6.62. The van der Waals surface area contributed by atoms with E-state index in [0.717, 1.165) is 25.3 Å². The number of hydrogen-bond donors (Lipinski definition) is 0. The summed E-state index contributed by atoms with van der Waals surface area (Å²) in [5, 5.41) is 3.31. The summed E-state index contributed by atoms with van der Waals surface area (Å²) in [6.45, 7) is 10.5. The molecule has 1 aliphatic rings. The van der Waals surface area contributed by atoms with E-state index in [9.17, 15) is 9.59 Å². The van der Waals surface area contributed by atoms with E-state index >= 15 is 0 Å². The molecule has 2 heterocycles. The molecule has 1 fully saturated rings. The molecule has 0 bridgehead atoms. The number of carbonyl (C=O) groups is 2. The van der Waals surface area contributed by atoms with Crippen LogP contribution in [-0.4, -0.2) is 52.7 Å². The van der Waals surface area contributed by atoms with Gasteiger partial charge in [-0.2, -0.15) is 0 Å². The normalized spacial score (nSPS) is 15.6. The average molecular weight is 400 g/mol. The molecular formula is C22H29N3O2S. The molecule has 0 radical (unpaired) electrons. The standard InChI is InChI=1S/C22H29N3O2S/c1-22(2,3)21-23-18(16-28-21)15-24-11-13-25(14-12-24)20(27)10-9-19(26)17-7-5-4-6-8-17/h4-8,16H,9-15H2,1-3H3. The van der Waals surface area contributed by atoms with Gasteiger partial charge in [0.2, 0.25) is 5.91 Å². The molecule has 28 heavy (non-hydrogen) atoms. The zero-order valence-electron chi connectivity index (χ0n) is 17.0. The van der Waals surface area contributed by atoms with Crippen LogP contribution in [0.4, 0.5) is 0 Å². The van der Waals surface area contributed by atoms with E-state index in [1.807, 2.05) is 23.1 Å². The number of thiazole rings is 1. The van der Waals surface area contributed by atoms with Gasteiger partial charge < -0.3 is 4.90 Å². The van der Waals surface area contributed by atoms with Crippen molar-refractivity contribution in [2.24, 2.45) is 0 Å². The lowest BCUT2D eigenvalue weighted by atomic mass is 9.98. The second-order valence-corrected chi connectivity index (χ2v) is 9.20. The zero-order chi connectivity index (χ0) is 20.1. The topological polar surface area (TPSA) is 53.5 Å². The third-order valence-electron chi connectivity index (χ3n) is 4.97. The number of hydrogen-bond acceptors (Lipinski definition) is 5. The minimum Gasteiger partial charge on any atom is -0.340 e. The Morgan fingerprint density at radius 3 is 2.32 bits per heavy atom. The number of carbonyl (C=O) groups excluding carboxylic acids is 2. The minimum absolute atomic E-state index is 0.0331. The van der Waals surface area contributed by atoms with Crippen molar-refractivity contribution < 1.29 is 9.59 Å². The molecule has 0 aliphatic carbocycles. The van der Waals surface area contributed by atoms with Crippen molar-refractivity contribution >= 4 is 23.0 Å². The van der Waals surface area contributed by atoms with Gasteiger partial charge in [0.25, 0.3) is 0 Å². The van der Waals surface area contributed by atoms with Gasteiger partial charge in [-0.05, 0) is 0 Å². The monoisotopic (exact) mass is 399 g/mol. The first-order valence-electron chi connectivity index (χ1n) is 9.86. The molecule has 2 aromatic rings. The van der Waals surface area contributed by atoms with Crippen LogP contribution in [0.3, 0.4) is 0 Å². The molecule has 0 saturated carbocycles. The van der Waals surface area contributed by atoms with Gasteiger partial charge in [-0.3, -0.25) is 14.5 Å². The maximum absolute atomic E-state index is 12.5. The van der Waals surface area contributed by atoms with E-state index in [4.69, 9.17) is 4.98 Å². The highest BCUT2D eigenvalue weighted by Gasteiger charge is 2.23. The fourth-order valence-corrected chi connectivity index (χ4v) is 4.15. The van der Waals surface area contributed by atoms with Crippen LogP contribution in [0, 0.1) is 0 Å². The van der Waals surface area contributed by atoms with Gasteiger partial charge in [-0.1, -0.05) is 51.1 Å². The highest BCUT2D eigenvalue weighted by Crippen LogP contribution is 2.26. The largest absolute Gasteiger partial charge is 0.340 e. The second kappa shape index (κ2) is 8.97. The number of piperazine rings is 1. The molecular weight excluding hydrogens is 370 g/mol. The van der Waals surface area contributed by atoms with Crippen molar-refractivity contribution in [3.63, 3.8) is 0 Å². The van der Waals surface area contributed by atoms with E-state index in [0.29, 0.717) is 18.7 Å². The Morgan fingerprint density at radius 1 is 1.04 bits per heavy atom. The van der Waals surface area contributed by atoms with Crippen LogP contribution in [-0.2, 0) is 16.8 Å². The average Bonchev–Trinajstić information content (AvgIpc) is 3.16. The van der Waals surface area contributed by atoms with Gasteiger partial charge in [0.05, 0.1) is 10.7 Å². The van der Waals surface area contributed by atoms with Crippen LogP contribution in [0.2, 0.25) is 0 Å². The molecule has 1 saturated heterocycles. The predicted octanol–water partition coefficient (Wildman–Crippen LogP) is 3.75. The lowest BCUT2D eigenvalue weighted by Gasteiger charge is -2.34. The molecule has 5 nitrogen and oxygen atoms in total. The lowest BCUT2D eigenvalue weighted by Crippen LogP contribution is -2.48. The molecule has 1 amide bonds. The summed E-state index contributed by atoms with van der Waals surface area (Å²) in [6, 6.07) is 9.18. The summed E-state index contributed by atoms with van der Waals surface area (Å²) < 4.78 is 0. The Morgan fingerprint density at radius 2 is 1.71 bits per heavy atom. The van der Waals surface area contributed by atoms with Gasteiger partial charge in [-0.25, -0.2) is 4.98 Å². The van der Waals surface area contributed by atoms with Gasteiger partial charge in [-0.15, -0.1) is 11.3 Å². The third kappa shape index (κ3) is 5.49. The molecule has 1 aromatic heterocycles. The first-order valence-corrected chi connectivity index (χ1v) is 10.7. The van der Waals surface area contributed by atoms with Crippen LogP contribution in [0.5, 0.6) is 0 Å². The number of ketones is 1. The van der Waals surface area contributed by atoms with Crippen molar-refractivity contribution in [2.45, 2.75) is 45.6 Å². The number of aromatic nitrogens is 1. The number of benzene rings is 1. The number of Topliss-reactive ketones (excluding diaryl/α,β-unsaturated/α-hetero) is 1. The van der Waals surface area contributed by atoms with Gasteiger partial charge in [0.1, 0.15) is 0 Å². The highest BCUT2D eigenvalue weighted by molar-refractivity contribution is 7.09. The summed E-state index contributed by atoms with van der Waals surface area (Å²) in [5.41, 5.74) is 1.88. The Hall–Kier alpha value is -2.05. The maximum Gasteiger partial charge on any atom is 0.223 e. The van der Waals surface area contributed by atoms with Crippen molar-refractivity contribution in [3.05, 3.63) is 52.0 Å². The molecule has 1 aromatic carbocycles. The van der Waals surface area contributed by atoms with Crippen LogP contribution in [0.25, 0.3) is 0 Å². The smallest absolute Gasteiger partial charge is 0.223 e. The molecule has 0 atom stereocenters. The van der Waals surface area contributed by atoms with E-state index in [2.05, 4.69) is 31.1 Å². The molecule has 150 valence electrons. The number of nitrogens with zero attached hydrogens (tertiary/aromatic N) is 3. The molecule has 3 rings (SSSR count). The zero-order valence-corrected chi connectivity index (χ0v) is 17.8. The quantitative estimate of drug-likeness (QED) is 0.694. The lowest BCUT2D eigenvalue weighted by molar-refractivity contribution is -0.133. The molecule has 6 heteroatoms. The van der Waals surface area contributed by atoms with Crippen LogP contribution in [0.1, 0.15) is 54.7 Å². The van der Waals surface area contributed by atoms with E-state index in [-0.39, 0.29) is 29.9 Å². The Balaban J connectivity index is 1.42. The molecule has 0 spiro atoms. The van der Waals surface area contributed by atoms with E-state index < -0.39 is 0 Å². The highest BCUT2D eigenvalue weighted by atomic mass is 32.1. The number of amides is 1. The summed E-state index contributed by atoms with van der Waals surface area (Å²) in [6.07, 6.45) is 0.562. The summed E-state index contributed by atoms with van der Waals surface area (Å²) in [7, 11) is 0. The predicted molar refractivity (Wildman–Crippen MR) is 113 cm³/mol. The first kappa shape index (κ1) is 20.7. The number of rotatable bonds is 6. The van der Waals surface area contributed by atoms with Crippen molar-refractivity contribution in [2.75, 3.05) is 26.2 Å². The summed E-state index contributed by atoms with van der Waals surface area (Å²) in [4.78, 5) is 33.6. The van der Waals surface area contributed by atoms with Crippen molar-refractivity contribution in [3.8, 4) is 0 Å².